The van der Waals surface area contributed by atoms with Crippen LogP contribution in [0.2, 0.25) is 0 Å². The van der Waals surface area contributed by atoms with E-state index in [1.165, 1.54) is 16.9 Å². The van der Waals surface area contributed by atoms with Crippen LogP contribution < -0.4 is 16.0 Å². The van der Waals surface area contributed by atoms with Gasteiger partial charge in [-0.2, -0.15) is 0 Å². The predicted molar refractivity (Wildman–Crippen MR) is 142 cm³/mol. The number of ether oxygens (including phenoxy) is 1. The molecule has 2 aliphatic heterocycles. The standard InChI is InChI=1S/C25H37N3O6S2/c1-6-18-24(32)28-22(15(4)5)25(33)34-17-9-7-8-10-35-36-13-16(23(31)26-18)11-19(29)21(14(2)3)27-20(30)12-17/h6-7,9,14-17,21-22H,8,10-13H2,1-5H3,(H,26,31)(H,27,30)(H,28,32)/b9-7-,18-6+/t16?,17-,21-,22?/m1/s1. The van der Waals surface area contributed by atoms with Gasteiger partial charge in [-0.15, -0.1) is 0 Å². The van der Waals surface area contributed by atoms with E-state index in [4.69, 9.17) is 4.74 Å². The average Bonchev–Trinajstić information content (AvgIpc) is 2.81. The number of rotatable bonds is 2. The van der Waals surface area contributed by atoms with Crippen LogP contribution in [0.25, 0.3) is 0 Å². The molecular weight excluding hydrogens is 502 g/mol. The number of Topliss-reactive ketones (excluding diaryl/α,β-unsaturated/α-hetero) is 1. The lowest BCUT2D eigenvalue weighted by molar-refractivity contribution is -0.153. The third-order valence-corrected chi connectivity index (χ3v) is 8.39. The number of allylic oxidation sites excluding steroid dienone is 2. The van der Waals surface area contributed by atoms with Crippen LogP contribution in [0, 0.1) is 17.8 Å². The van der Waals surface area contributed by atoms with E-state index in [2.05, 4.69) is 16.0 Å². The van der Waals surface area contributed by atoms with E-state index >= 15 is 0 Å². The molecule has 4 atom stereocenters. The van der Waals surface area contributed by atoms with Gasteiger partial charge in [-0.1, -0.05) is 61.4 Å². The molecule has 0 aromatic heterocycles. The zero-order valence-corrected chi connectivity index (χ0v) is 23.1. The molecule has 2 unspecified atom stereocenters. The molecule has 0 aliphatic carbocycles. The van der Waals surface area contributed by atoms with Crippen molar-refractivity contribution in [3.63, 3.8) is 0 Å². The van der Waals surface area contributed by atoms with Gasteiger partial charge >= 0.3 is 5.97 Å². The quantitative estimate of drug-likeness (QED) is 0.211. The smallest absolute Gasteiger partial charge is 0.329 e. The van der Waals surface area contributed by atoms with Crippen LogP contribution >= 0.6 is 21.6 Å². The molecule has 2 aliphatic rings. The fourth-order valence-electron chi connectivity index (χ4n) is 3.77. The van der Waals surface area contributed by atoms with Gasteiger partial charge in [-0.05, 0) is 31.3 Å². The molecule has 2 rings (SSSR count). The molecule has 3 amide bonds. The van der Waals surface area contributed by atoms with E-state index < -0.39 is 47.8 Å². The Kier molecular flexibility index (Phi) is 12.0. The molecule has 0 radical (unpaired) electrons. The second kappa shape index (κ2) is 14.5. The first-order valence-corrected chi connectivity index (χ1v) is 14.7. The largest absolute Gasteiger partial charge is 0.456 e. The number of hydrogen-bond donors (Lipinski definition) is 3. The fourth-order valence-corrected chi connectivity index (χ4v) is 6.07. The summed E-state index contributed by atoms with van der Waals surface area (Å²) < 4.78 is 5.67. The van der Waals surface area contributed by atoms with Gasteiger partial charge in [0.05, 0.1) is 18.4 Å². The van der Waals surface area contributed by atoms with Crippen molar-refractivity contribution in [3.8, 4) is 0 Å². The van der Waals surface area contributed by atoms with Crippen molar-refractivity contribution in [3.05, 3.63) is 23.9 Å². The van der Waals surface area contributed by atoms with Crippen molar-refractivity contribution in [2.75, 3.05) is 11.5 Å². The highest BCUT2D eigenvalue weighted by Crippen LogP contribution is 2.27. The zero-order chi connectivity index (χ0) is 26.8. The minimum Gasteiger partial charge on any atom is -0.456 e. The van der Waals surface area contributed by atoms with Crippen LogP contribution in [-0.2, 0) is 28.7 Å². The lowest BCUT2D eigenvalue weighted by Crippen LogP contribution is -2.50. The Balaban J connectivity index is 2.55. The zero-order valence-electron chi connectivity index (χ0n) is 21.5. The SMILES string of the molecule is C/C=C1/NC(=O)C2CSSCC/C=C\[C@H](CC(=O)N[C@H](C(C)C)C(=O)C2)OC(=O)C(C(C)C)NC1=O. The van der Waals surface area contributed by atoms with Crippen LogP contribution in [0.5, 0.6) is 0 Å². The maximum atomic E-state index is 13.2. The minimum absolute atomic E-state index is 0.00452. The highest BCUT2D eigenvalue weighted by molar-refractivity contribution is 8.76. The first-order chi connectivity index (χ1) is 17.0. The van der Waals surface area contributed by atoms with Gasteiger partial charge in [0.2, 0.25) is 11.8 Å². The van der Waals surface area contributed by atoms with Crippen molar-refractivity contribution in [1.29, 1.82) is 0 Å². The molecule has 1 saturated heterocycles. The summed E-state index contributed by atoms with van der Waals surface area (Å²) in [6, 6.07) is -1.78. The topological polar surface area (TPSA) is 131 Å². The third-order valence-electron chi connectivity index (χ3n) is 5.87. The maximum Gasteiger partial charge on any atom is 0.329 e. The second-order valence-electron chi connectivity index (χ2n) is 9.55. The van der Waals surface area contributed by atoms with Crippen molar-refractivity contribution < 1.29 is 28.7 Å². The number of hydrogen-bond acceptors (Lipinski definition) is 8. The van der Waals surface area contributed by atoms with Gasteiger partial charge in [-0.25, -0.2) is 4.79 Å². The Morgan fingerprint density at radius 2 is 1.67 bits per heavy atom. The number of ketones is 1. The van der Waals surface area contributed by atoms with Crippen LogP contribution in [-0.4, -0.2) is 59.2 Å². The highest BCUT2D eigenvalue weighted by Gasteiger charge is 2.33. The summed E-state index contributed by atoms with van der Waals surface area (Å²) in [5.41, 5.74) is -0.00452. The van der Waals surface area contributed by atoms with E-state index in [0.29, 0.717) is 12.2 Å². The number of carbonyl (C=O) groups excluding carboxylic acids is 5. The number of amides is 3. The fraction of sp³-hybridized carbons (Fsp3) is 0.640. The van der Waals surface area contributed by atoms with Crippen LogP contribution in [0.1, 0.15) is 53.9 Å². The Morgan fingerprint density at radius 3 is 2.31 bits per heavy atom. The van der Waals surface area contributed by atoms with E-state index in [1.54, 1.807) is 37.6 Å². The Hall–Kier alpha value is -2.27. The Morgan fingerprint density at radius 1 is 0.972 bits per heavy atom. The van der Waals surface area contributed by atoms with Gasteiger partial charge in [0.25, 0.3) is 5.91 Å². The van der Waals surface area contributed by atoms with E-state index in [0.717, 1.165) is 5.75 Å². The van der Waals surface area contributed by atoms with Crippen molar-refractivity contribution in [2.45, 2.75) is 72.1 Å². The van der Waals surface area contributed by atoms with Gasteiger partial charge in [-0.3, -0.25) is 19.2 Å². The molecule has 1 fully saturated rings. The molecule has 2 bridgehead atoms. The highest BCUT2D eigenvalue weighted by atomic mass is 33.1. The first-order valence-electron chi connectivity index (χ1n) is 12.2. The summed E-state index contributed by atoms with van der Waals surface area (Å²) >= 11 is 0. The van der Waals surface area contributed by atoms with E-state index in [9.17, 15) is 24.0 Å². The van der Waals surface area contributed by atoms with E-state index in [-0.39, 0.29) is 36.2 Å². The number of carbonyl (C=O) groups is 5. The summed E-state index contributed by atoms with van der Waals surface area (Å²) in [5.74, 6) is -2.59. The molecule has 0 aromatic carbocycles. The molecule has 9 nitrogen and oxygen atoms in total. The van der Waals surface area contributed by atoms with E-state index in [1.807, 2.05) is 19.9 Å². The summed E-state index contributed by atoms with van der Waals surface area (Å²) in [4.78, 5) is 65.4. The summed E-state index contributed by atoms with van der Waals surface area (Å²) in [7, 11) is 3.05. The molecule has 0 aromatic rings. The number of fused-ring (bicyclic) bond motifs is 7. The first kappa shape index (κ1) is 30.0. The summed E-state index contributed by atoms with van der Waals surface area (Å²) in [6.07, 6.45) is 4.56. The van der Waals surface area contributed by atoms with Crippen molar-refractivity contribution in [1.82, 2.24) is 16.0 Å². The van der Waals surface area contributed by atoms with Crippen molar-refractivity contribution >= 4 is 51.1 Å². The molecular formula is C25H37N3O6S2. The van der Waals surface area contributed by atoms with Gasteiger partial charge in [0.1, 0.15) is 17.8 Å². The predicted octanol–water partition coefficient (Wildman–Crippen LogP) is 2.52. The second-order valence-corrected chi connectivity index (χ2v) is 12.2. The molecule has 3 N–H and O–H groups in total. The monoisotopic (exact) mass is 539 g/mol. The molecule has 11 heteroatoms. The Bertz CT molecular complexity index is 902. The van der Waals surface area contributed by atoms with Gasteiger partial charge in [0.15, 0.2) is 5.78 Å². The lowest BCUT2D eigenvalue weighted by Gasteiger charge is -2.27. The maximum absolute atomic E-state index is 13.2. The van der Waals surface area contributed by atoms with Gasteiger partial charge in [0, 0.05) is 17.9 Å². The normalized spacial score (nSPS) is 29.9. The minimum atomic E-state index is -0.987. The third kappa shape index (κ3) is 8.99. The molecule has 2 heterocycles. The van der Waals surface area contributed by atoms with Crippen molar-refractivity contribution in [2.24, 2.45) is 17.8 Å². The van der Waals surface area contributed by atoms with Crippen LogP contribution in [0.15, 0.2) is 23.9 Å². The number of esters is 1. The molecule has 0 spiro atoms. The molecule has 36 heavy (non-hydrogen) atoms. The number of nitrogens with one attached hydrogen (secondary N) is 3. The molecule has 200 valence electrons. The molecule has 0 saturated carbocycles. The van der Waals surface area contributed by atoms with Crippen LogP contribution in [0.4, 0.5) is 0 Å². The Labute approximate surface area is 220 Å². The summed E-state index contributed by atoms with van der Waals surface area (Å²) in [6.45, 7) is 8.78. The lowest BCUT2D eigenvalue weighted by atomic mass is 9.92. The van der Waals surface area contributed by atoms with Crippen LogP contribution in [0.3, 0.4) is 0 Å². The summed E-state index contributed by atoms with van der Waals surface area (Å²) in [5, 5.41) is 8.08. The average molecular weight is 540 g/mol. The van der Waals surface area contributed by atoms with Gasteiger partial charge < -0.3 is 20.7 Å².